The van der Waals surface area contributed by atoms with Crippen LogP contribution in [0.5, 0.6) is 0 Å². The Bertz CT molecular complexity index is 778. The van der Waals surface area contributed by atoms with Gasteiger partial charge in [0.1, 0.15) is 5.82 Å². The smallest absolute Gasteiger partial charge is 0.253 e. The Kier molecular flexibility index (Phi) is 4.96. The van der Waals surface area contributed by atoms with Crippen molar-refractivity contribution in [3.05, 3.63) is 57.3 Å². The van der Waals surface area contributed by atoms with E-state index in [2.05, 4.69) is 20.8 Å². The van der Waals surface area contributed by atoms with Gasteiger partial charge in [-0.2, -0.15) is 0 Å². The second-order valence-corrected chi connectivity index (χ2v) is 6.89. The highest BCUT2D eigenvalue weighted by atomic mass is 79.9. The standard InChI is InChI=1S/C17H16BrClFN3O/c18-11-9-13(20)16(17(21)24)15(10-11)23-7-5-22(6-8-23)14-4-2-1-3-12(14)19/h1-4,9-10H,5-8H2,(H2,21,24). The third-order valence-corrected chi connectivity index (χ3v) is 4.87. The van der Waals surface area contributed by atoms with Gasteiger partial charge in [-0.05, 0) is 24.3 Å². The van der Waals surface area contributed by atoms with E-state index in [1.807, 2.05) is 29.2 Å². The second-order valence-electron chi connectivity index (χ2n) is 5.57. The minimum atomic E-state index is -0.761. The van der Waals surface area contributed by atoms with Crippen molar-refractivity contribution in [3.8, 4) is 0 Å². The van der Waals surface area contributed by atoms with Crippen molar-refractivity contribution in [3.63, 3.8) is 0 Å². The average molecular weight is 413 g/mol. The summed E-state index contributed by atoms with van der Waals surface area (Å²) in [5, 5.41) is 0.706. The lowest BCUT2D eigenvalue weighted by atomic mass is 10.1. The summed E-state index contributed by atoms with van der Waals surface area (Å²) in [5.74, 6) is -1.37. The molecule has 7 heteroatoms. The number of rotatable bonds is 3. The molecule has 1 heterocycles. The first-order chi connectivity index (χ1) is 11.5. The number of hydrogen-bond donors (Lipinski definition) is 1. The number of carbonyl (C=O) groups is 1. The van der Waals surface area contributed by atoms with Crippen LogP contribution in [0.2, 0.25) is 5.02 Å². The van der Waals surface area contributed by atoms with E-state index in [0.29, 0.717) is 28.3 Å². The number of anilines is 2. The molecule has 0 unspecified atom stereocenters. The van der Waals surface area contributed by atoms with Gasteiger partial charge in [0.05, 0.1) is 22.0 Å². The largest absolute Gasteiger partial charge is 0.367 e. The molecule has 126 valence electrons. The highest BCUT2D eigenvalue weighted by Gasteiger charge is 2.24. The highest BCUT2D eigenvalue weighted by Crippen LogP contribution is 2.31. The maximum atomic E-state index is 14.1. The second kappa shape index (κ2) is 6.99. The topological polar surface area (TPSA) is 49.6 Å². The van der Waals surface area contributed by atoms with Crippen molar-refractivity contribution in [1.29, 1.82) is 0 Å². The summed E-state index contributed by atoms with van der Waals surface area (Å²) in [5.41, 5.74) is 6.80. The lowest BCUT2D eigenvalue weighted by molar-refractivity contribution is 0.0997. The molecule has 0 bridgehead atoms. The van der Waals surface area contributed by atoms with Gasteiger partial charge < -0.3 is 15.5 Å². The Morgan fingerprint density at radius 3 is 2.25 bits per heavy atom. The minimum Gasteiger partial charge on any atom is -0.367 e. The predicted molar refractivity (Wildman–Crippen MR) is 98.5 cm³/mol. The number of carbonyl (C=O) groups excluding carboxylic acids is 1. The Labute approximate surface area is 153 Å². The van der Waals surface area contributed by atoms with Gasteiger partial charge in [0.2, 0.25) is 0 Å². The molecule has 0 radical (unpaired) electrons. The fourth-order valence-electron chi connectivity index (χ4n) is 2.95. The average Bonchev–Trinajstić information content (AvgIpc) is 2.54. The van der Waals surface area contributed by atoms with Crippen LogP contribution in [0, 0.1) is 5.82 Å². The molecule has 1 aliphatic rings. The first-order valence-corrected chi connectivity index (χ1v) is 8.67. The minimum absolute atomic E-state index is 0.0654. The lowest BCUT2D eigenvalue weighted by Gasteiger charge is -2.38. The molecule has 0 saturated carbocycles. The summed E-state index contributed by atoms with van der Waals surface area (Å²) in [6.45, 7) is 2.72. The quantitative estimate of drug-likeness (QED) is 0.837. The predicted octanol–water partition coefficient (Wildman–Crippen LogP) is 3.67. The first kappa shape index (κ1) is 17.0. The van der Waals surface area contributed by atoms with Crippen LogP contribution >= 0.6 is 27.5 Å². The Morgan fingerprint density at radius 1 is 1.08 bits per heavy atom. The maximum Gasteiger partial charge on any atom is 0.253 e. The third-order valence-electron chi connectivity index (χ3n) is 4.09. The molecule has 0 aliphatic carbocycles. The van der Waals surface area contributed by atoms with E-state index in [9.17, 15) is 9.18 Å². The van der Waals surface area contributed by atoms with Crippen LogP contribution in [0.3, 0.4) is 0 Å². The fraction of sp³-hybridized carbons (Fsp3) is 0.235. The number of para-hydroxylation sites is 1. The summed E-state index contributed by atoms with van der Waals surface area (Å²) in [4.78, 5) is 15.8. The number of hydrogen-bond acceptors (Lipinski definition) is 3. The number of halogens is 3. The van der Waals surface area contributed by atoms with Crippen molar-refractivity contribution in [2.45, 2.75) is 0 Å². The van der Waals surface area contributed by atoms with Crippen molar-refractivity contribution >= 4 is 44.8 Å². The van der Waals surface area contributed by atoms with Gasteiger partial charge in [-0.3, -0.25) is 4.79 Å². The van der Waals surface area contributed by atoms with Crippen molar-refractivity contribution in [2.24, 2.45) is 5.73 Å². The zero-order valence-electron chi connectivity index (χ0n) is 12.8. The van der Waals surface area contributed by atoms with Crippen LogP contribution in [-0.4, -0.2) is 32.1 Å². The highest BCUT2D eigenvalue weighted by molar-refractivity contribution is 9.10. The normalized spacial score (nSPS) is 14.8. The van der Waals surface area contributed by atoms with Gasteiger partial charge in [0, 0.05) is 30.7 Å². The molecular weight excluding hydrogens is 397 g/mol. The summed E-state index contributed by atoms with van der Waals surface area (Å²) in [6.07, 6.45) is 0. The van der Waals surface area contributed by atoms with Crippen LogP contribution in [0.1, 0.15) is 10.4 Å². The van der Waals surface area contributed by atoms with Gasteiger partial charge in [-0.1, -0.05) is 39.7 Å². The number of benzene rings is 2. The Balaban J connectivity index is 1.83. The number of piperazine rings is 1. The SMILES string of the molecule is NC(=O)c1c(F)cc(Br)cc1N1CCN(c2ccccc2Cl)CC1. The van der Waals surface area contributed by atoms with E-state index in [1.54, 1.807) is 6.07 Å². The fourth-order valence-corrected chi connectivity index (χ4v) is 3.62. The Hall–Kier alpha value is -1.79. The first-order valence-electron chi connectivity index (χ1n) is 7.50. The van der Waals surface area contributed by atoms with Gasteiger partial charge in [-0.25, -0.2) is 4.39 Å². The summed E-state index contributed by atoms with van der Waals surface area (Å²) in [6, 6.07) is 10.7. The van der Waals surface area contributed by atoms with Gasteiger partial charge in [0.25, 0.3) is 5.91 Å². The Morgan fingerprint density at radius 2 is 1.67 bits per heavy atom. The summed E-state index contributed by atoms with van der Waals surface area (Å²) < 4.78 is 14.7. The van der Waals surface area contributed by atoms with Crippen LogP contribution < -0.4 is 15.5 Å². The van der Waals surface area contributed by atoms with E-state index >= 15 is 0 Å². The van der Waals surface area contributed by atoms with Crippen LogP contribution in [0.4, 0.5) is 15.8 Å². The summed E-state index contributed by atoms with van der Waals surface area (Å²) >= 11 is 9.52. The van der Waals surface area contributed by atoms with E-state index in [4.69, 9.17) is 17.3 Å². The number of nitrogens with zero attached hydrogens (tertiary/aromatic N) is 2. The van der Waals surface area contributed by atoms with Crippen LogP contribution in [-0.2, 0) is 0 Å². The zero-order valence-corrected chi connectivity index (χ0v) is 15.1. The molecule has 0 aromatic heterocycles. The molecule has 0 spiro atoms. The van der Waals surface area contributed by atoms with Crippen molar-refractivity contribution < 1.29 is 9.18 Å². The molecule has 2 aromatic rings. The monoisotopic (exact) mass is 411 g/mol. The summed E-state index contributed by atoms with van der Waals surface area (Å²) in [7, 11) is 0. The van der Waals surface area contributed by atoms with E-state index in [0.717, 1.165) is 18.8 Å². The molecule has 1 saturated heterocycles. The molecular formula is C17H16BrClFN3O. The number of primary amides is 1. The number of nitrogens with two attached hydrogens (primary N) is 1. The van der Waals surface area contributed by atoms with Gasteiger partial charge >= 0.3 is 0 Å². The molecule has 0 atom stereocenters. The van der Waals surface area contributed by atoms with E-state index in [-0.39, 0.29) is 5.56 Å². The molecule has 1 amide bonds. The van der Waals surface area contributed by atoms with Crippen LogP contribution in [0.25, 0.3) is 0 Å². The van der Waals surface area contributed by atoms with Crippen molar-refractivity contribution in [1.82, 2.24) is 0 Å². The zero-order chi connectivity index (χ0) is 17.3. The van der Waals surface area contributed by atoms with Crippen LogP contribution in [0.15, 0.2) is 40.9 Å². The molecule has 1 aliphatic heterocycles. The molecule has 2 aromatic carbocycles. The molecule has 2 N–H and O–H groups in total. The van der Waals surface area contributed by atoms with Gasteiger partial charge in [-0.15, -0.1) is 0 Å². The van der Waals surface area contributed by atoms with Crippen molar-refractivity contribution in [2.75, 3.05) is 36.0 Å². The molecule has 4 nitrogen and oxygen atoms in total. The molecule has 1 fully saturated rings. The maximum absolute atomic E-state index is 14.1. The lowest BCUT2D eigenvalue weighted by Crippen LogP contribution is -2.47. The van der Waals surface area contributed by atoms with E-state index < -0.39 is 11.7 Å². The third kappa shape index (κ3) is 3.35. The molecule has 24 heavy (non-hydrogen) atoms. The number of amides is 1. The molecule has 3 rings (SSSR count). The van der Waals surface area contributed by atoms with E-state index in [1.165, 1.54) is 6.07 Å². The van der Waals surface area contributed by atoms with Gasteiger partial charge in [0.15, 0.2) is 0 Å².